The number of benzene rings is 2. The molecule has 0 saturated carbocycles. The second-order valence-corrected chi connectivity index (χ2v) is 7.07. The normalized spacial score (nSPS) is 11.1. The molecule has 0 fully saturated rings. The lowest BCUT2D eigenvalue weighted by Crippen LogP contribution is -2.31. The number of nitrogen functional groups attached to an aromatic ring is 1. The van der Waals surface area contributed by atoms with Crippen LogP contribution in [0, 0.1) is 13.8 Å². The number of rotatable bonds is 3. The van der Waals surface area contributed by atoms with Crippen molar-refractivity contribution in [3.05, 3.63) is 59.7 Å². The van der Waals surface area contributed by atoms with Crippen molar-refractivity contribution in [2.75, 3.05) is 5.73 Å². The maximum Gasteiger partial charge on any atom is 0.0905 e. The van der Waals surface area contributed by atoms with Crippen LogP contribution in [-0.4, -0.2) is 9.52 Å². The summed E-state index contributed by atoms with van der Waals surface area (Å²) in [6.07, 6.45) is 0. The third kappa shape index (κ3) is 2.79. The maximum atomic E-state index is 6.29. The summed E-state index contributed by atoms with van der Waals surface area (Å²) in [6, 6.07) is 12.9. The number of para-hydroxylation sites is 1. The van der Waals surface area contributed by atoms with Gasteiger partial charge in [0.25, 0.3) is 0 Å². The minimum atomic E-state index is -0.533. The molecule has 0 bridgehead atoms. The molecular formula is C17H21NSi. The average molecular weight is 267 g/mol. The summed E-state index contributed by atoms with van der Waals surface area (Å²) in [7, 11) is -0.533. The molecule has 1 nitrogen and oxygen atoms in total. The Morgan fingerprint density at radius 3 is 2.37 bits per heavy atom. The number of anilines is 1. The topological polar surface area (TPSA) is 26.0 Å². The van der Waals surface area contributed by atoms with E-state index in [4.69, 9.17) is 5.73 Å². The second kappa shape index (κ2) is 5.45. The van der Waals surface area contributed by atoms with Gasteiger partial charge in [0, 0.05) is 5.69 Å². The summed E-state index contributed by atoms with van der Waals surface area (Å²) in [5.41, 5.74) is 12.1. The molecule has 0 amide bonds. The van der Waals surface area contributed by atoms with Gasteiger partial charge in [-0.3, -0.25) is 0 Å². The van der Waals surface area contributed by atoms with Crippen molar-refractivity contribution >= 4 is 31.2 Å². The van der Waals surface area contributed by atoms with E-state index in [-0.39, 0.29) is 0 Å². The van der Waals surface area contributed by atoms with Gasteiger partial charge in [-0.15, -0.1) is 0 Å². The molecule has 0 aliphatic rings. The Kier molecular flexibility index (Phi) is 3.91. The maximum absolute atomic E-state index is 6.29. The van der Waals surface area contributed by atoms with Gasteiger partial charge in [0.2, 0.25) is 0 Å². The lowest BCUT2D eigenvalue weighted by Gasteiger charge is -2.13. The molecule has 2 rings (SSSR count). The molecular weight excluding hydrogens is 246 g/mol. The second-order valence-electron chi connectivity index (χ2n) is 5.19. The summed E-state index contributed by atoms with van der Waals surface area (Å²) in [5, 5.41) is 2.79. The van der Waals surface area contributed by atoms with E-state index in [0.29, 0.717) is 0 Å². The van der Waals surface area contributed by atoms with E-state index in [1.54, 1.807) is 0 Å². The summed E-state index contributed by atoms with van der Waals surface area (Å²) in [4.78, 5) is 0. The van der Waals surface area contributed by atoms with E-state index in [1.165, 1.54) is 21.5 Å². The average Bonchev–Trinajstić information content (AvgIpc) is 2.37. The van der Waals surface area contributed by atoms with Crippen molar-refractivity contribution in [2.45, 2.75) is 20.8 Å². The molecule has 0 saturated heterocycles. The first-order valence-electron chi connectivity index (χ1n) is 6.59. The molecule has 2 heteroatoms. The number of nitrogens with two attached hydrogens (primary N) is 1. The zero-order chi connectivity index (χ0) is 14.0. The summed E-state index contributed by atoms with van der Waals surface area (Å²) in [6.45, 7) is 10.4. The molecule has 0 unspecified atom stereocenters. The number of hydrogen-bond acceptors (Lipinski definition) is 1. The number of hydrogen-bond donors (Lipinski definition) is 1. The lowest BCUT2D eigenvalue weighted by molar-refractivity contribution is 1.37. The largest absolute Gasteiger partial charge is 0.398 e. The monoisotopic (exact) mass is 267 g/mol. The predicted octanol–water partition coefficient (Wildman–Crippen LogP) is 2.04. The first-order chi connectivity index (χ1) is 9.00. The van der Waals surface area contributed by atoms with Crippen LogP contribution in [0.2, 0.25) is 0 Å². The molecule has 2 aromatic rings. The Bertz CT molecular complexity index is 629. The highest BCUT2D eigenvalue weighted by atomic mass is 28.2. The van der Waals surface area contributed by atoms with Gasteiger partial charge in [-0.05, 0) is 48.2 Å². The van der Waals surface area contributed by atoms with E-state index in [0.717, 1.165) is 16.8 Å². The smallest absolute Gasteiger partial charge is 0.0905 e. The summed E-state index contributed by atoms with van der Waals surface area (Å²) < 4.78 is 0. The van der Waals surface area contributed by atoms with Crippen LogP contribution in [0.1, 0.15) is 23.6 Å². The van der Waals surface area contributed by atoms with Crippen molar-refractivity contribution in [3.63, 3.8) is 0 Å². The SMILES string of the molecule is C=C(C)c1cccc([SiH2]c2cccc(C)c2C)c1N. The van der Waals surface area contributed by atoms with E-state index >= 15 is 0 Å². The molecule has 0 radical (unpaired) electrons. The van der Waals surface area contributed by atoms with Gasteiger partial charge in [0.05, 0.1) is 9.52 Å². The lowest BCUT2D eigenvalue weighted by atomic mass is 10.1. The molecule has 0 atom stereocenters. The van der Waals surface area contributed by atoms with Crippen molar-refractivity contribution in [3.8, 4) is 0 Å². The van der Waals surface area contributed by atoms with E-state index < -0.39 is 9.52 Å². The Hall–Kier alpha value is -1.80. The van der Waals surface area contributed by atoms with Gasteiger partial charge in [-0.1, -0.05) is 48.2 Å². The van der Waals surface area contributed by atoms with Crippen LogP contribution in [-0.2, 0) is 0 Å². The fraction of sp³-hybridized carbons (Fsp3) is 0.176. The minimum Gasteiger partial charge on any atom is -0.398 e. The van der Waals surface area contributed by atoms with Crippen LogP contribution in [0.4, 0.5) is 5.69 Å². The van der Waals surface area contributed by atoms with Crippen LogP contribution in [0.15, 0.2) is 43.0 Å². The zero-order valence-electron chi connectivity index (χ0n) is 12.0. The molecule has 2 aromatic carbocycles. The quantitative estimate of drug-likeness (QED) is 0.668. The molecule has 19 heavy (non-hydrogen) atoms. The van der Waals surface area contributed by atoms with Gasteiger partial charge in [-0.2, -0.15) is 0 Å². The van der Waals surface area contributed by atoms with Crippen molar-refractivity contribution in [1.29, 1.82) is 0 Å². The van der Waals surface area contributed by atoms with Gasteiger partial charge >= 0.3 is 0 Å². The summed E-state index contributed by atoms with van der Waals surface area (Å²) >= 11 is 0. The fourth-order valence-corrected chi connectivity index (χ4v) is 4.19. The third-order valence-electron chi connectivity index (χ3n) is 3.75. The van der Waals surface area contributed by atoms with Gasteiger partial charge in [0.1, 0.15) is 0 Å². The highest BCUT2D eigenvalue weighted by Crippen LogP contribution is 2.17. The number of aryl methyl sites for hydroxylation is 1. The molecule has 0 aliphatic heterocycles. The van der Waals surface area contributed by atoms with Gasteiger partial charge in [0.15, 0.2) is 0 Å². The van der Waals surface area contributed by atoms with E-state index in [2.05, 4.69) is 56.8 Å². The Labute approximate surface area is 118 Å². The van der Waals surface area contributed by atoms with Crippen molar-refractivity contribution in [2.24, 2.45) is 0 Å². The summed E-state index contributed by atoms with van der Waals surface area (Å²) in [5.74, 6) is 0. The van der Waals surface area contributed by atoms with Crippen LogP contribution in [0.5, 0.6) is 0 Å². The Balaban J connectivity index is 2.42. The molecule has 0 aliphatic carbocycles. The van der Waals surface area contributed by atoms with E-state index in [1.807, 2.05) is 6.92 Å². The molecule has 0 aromatic heterocycles. The van der Waals surface area contributed by atoms with E-state index in [9.17, 15) is 0 Å². The van der Waals surface area contributed by atoms with Crippen LogP contribution >= 0.6 is 0 Å². The number of allylic oxidation sites excluding steroid dienone is 1. The fourth-order valence-electron chi connectivity index (χ4n) is 2.35. The predicted molar refractivity (Wildman–Crippen MR) is 89.3 cm³/mol. The van der Waals surface area contributed by atoms with Crippen LogP contribution < -0.4 is 16.1 Å². The highest BCUT2D eigenvalue weighted by Gasteiger charge is 2.08. The molecule has 98 valence electrons. The van der Waals surface area contributed by atoms with Crippen molar-refractivity contribution < 1.29 is 0 Å². The van der Waals surface area contributed by atoms with Gasteiger partial charge in [-0.25, -0.2) is 0 Å². The molecule has 0 heterocycles. The minimum absolute atomic E-state index is 0.533. The van der Waals surface area contributed by atoms with Gasteiger partial charge < -0.3 is 5.73 Å². The Morgan fingerprint density at radius 2 is 1.68 bits per heavy atom. The Morgan fingerprint density at radius 1 is 1.05 bits per heavy atom. The molecule has 0 spiro atoms. The zero-order valence-corrected chi connectivity index (χ0v) is 13.4. The third-order valence-corrected chi connectivity index (χ3v) is 5.90. The highest BCUT2D eigenvalue weighted by molar-refractivity contribution is 6.69. The standard InChI is InChI=1S/C17H21NSi/c1-11(2)14-8-6-10-16(17(14)18)19-15-9-5-7-12(3)13(15)4/h5-10H,1,18-19H2,2-4H3. The van der Waals surface area contributed by atoms with Crippen LogP contribution in [0.25, 0.3) is 5.57 Å². The molecule has 2 N–H and O–H groups in total. The first kappa shape index (κ1) is 13.6. The van der Waals surface area contributed by atoms with Crippen LogP contribution in [0.3, 0.4) is 0 Å². The van der Waals surface area contributed by atoms with Crippen molar-refractivity contribution in [1.82, 2.24) is 0 Å². The first-order valence-corrected chi connectivity index (χ1v) is 8.00.